The fourth-order valence-corrected chi connectivity index (χ4v) is 7.38. The van der Waals surface area contributed by atoms with Crippen LogP contribution in [-0.4, -0.2) is 43.4 Å². The van der Waals surface area contributed by atoms with Crippen LogP contribution in [-0.2, 0) is 16.0 Å². The zero-order valence-electron chi connectivity index (χ0n) is 22.2. The first-order valence-electron chi connectivity index (χ1n) is 13.5. The van der Waals surface area contributed by atoms with Gasteiger partial charge in [-0.2, -0.15) is 0 Å². The molecule has 2 aromatic rings. The molecule has 194 valence electrons. The van der Waals surface area contributed by atoms with Crippen LogP contribution in [0.2, 0.25) is 0 Å². The summed E-state index contributed by atoms with van der Waals surface area (Å²) < 4.78 is 11.4. The second-order valence-corrected chi connectivity index (χ2v) is 11.3. The van der Waals surface area contributed by atoms with Gasteiger partial charge in [-0.3, -0.25) is 14.5 Å². The van der Waals surface area contributed by atoms with Gasteiger partial charge in [-0.25, -0.2) is 0 Å². The van der Waals surface area contributed by atoms with E-state index in [1.807, 2.05) is 19.2 Å². The zero-order chi connectivity index (χ0) is 26.2. The maximum atomic E-state index is 13.2. The number of ether oxygens (including phenoxy) is 2. The Kier molecular flexibility index (Phi) is 7.14. The average Bonchev–Trinajstić information content (AvgIpc) is 3.17. The number of hydrogen-bond acceptors (Lipinski definition) is 5. The molecule has 2 saturated carbocycles. The first-order valence-corrected chi connectivity index (χ1v) is 13.5. The van der Waals surface area contributed by atoms with Crippen LogP contribution in [0.15, 0.2) is 42.5 Å². The topological polar surface area (TPSA) is 55.8 Å². The minimum atomic E-state index is -0.297. The Balaban J connectivity index is 1.43. The third kappa shape index (κ3) is 4.92. The summed E-state index contributed by atoms with van der Waals surface area (Å²) in [6.07, 6.45) is 9.99. The second kappa shape index (κ2) is 10.3. The number of Topliss-reactive ketones (excluding diaryl/α,β-unsaturated/α-hetero) is 1. The quantitative estimate of drug-likeness (QED) is 0.291. The Bertz CT molecular complexity index is 1210. The van der Waals surface area contributed by atoms with E-state index in [2.05, 4.69) is 48.1 Å². The van der Waals surface area contributed by atoms with E-state index < -0.39 is 0 Å². The van der Waals surface area contributed by atoms with E-state index >= 15 is 0 Å². The van der Waals surface area contributed by atoms with Crippen molar-refractivity contribution in [1.82, 2.24) is 4.90 Å². The van der Waals surface area contributed by atoms with Gasteiger partial charge >= 0.3 is 5.97 Å². The number of ketones is 1. The van der Waals surface area contributed by atoms with Gasteiger partial charge < -0.3 is 9.47 Å². The van der Waals surface area contributed by atoms with Crippen LogP contribution in [0.4, 0.5) is 0 Å². The maximum Gasteiger partial charge on any atom is 0.308 e. The molecule has 0 spiro atoms. The highest BCUT2D eigenvalue weighted by Crippen LogP contribution is 2.64. The molecular weight excluding hydrogens is 462 g/mol. The van der Waals surface area contributed by atoms with Crippen LogP contribution in [0.1, 0.15) is 68.1 Å². The van der Waals surface area contributed by atoms with Crippen LogP contribution < -0.4 is 9.47 Å². The molecule has 37 heavy (non-hydrogen) atoms. The molecule has 5 heteroatoms. The number of benzene rings is 2. The lowest BCUT2D eigenvalue weighted by Crippen LogP contribution is -2.46. The largest absolute Gasteiger partial charge is 0.492 e. The molecule has 0 heterocycles. The summed E-state index contributed by atoms with van der Waals surface area (Å²) in [6, 6.07) is 14.6. The van der Waals surface area contributed by atoms with Gasteiger partial charge in [0.05, 0.1) is 6.54 Å². The van der Waals surface area contributed by atoms with Gasteiger partial charge in [0.25, 0.3) is 0 Å². The van der Waals surface area contributed by atoms with Crippen LogP contribution in [0, 0.1) is 29.6 Å². The van der Waals surface area contributed by atoms with E-state index in [0.717, 1.165) is 38.0 Å². The third-order valence-corrected chi connectivity index (χ3v) is 9.09. The molecule has 5 nitrogen and oxygen atoms in total. The van der Waals surface area contributed by atoms with Gasteiger partial charge in [0.1, 0.15) is 23.9 Å². The summed E-state index contributed by atoms with van der Waals surface area (Å²) in [7, 11) is 1.99. The number of terminal acetylenes is 1. The molecule has 2 aromatic carbocycles. The summed E-state index contributed by atoms with van der Waals surface area (Å²) in [5.41, 5.74) is 3.64. The van der Waals surface area contributed by atoms with Crippen molar-refractivity contribution in [2.45, 2.75) is 57.8 Å². The minimum Gasteiger partial charge on any atom is -0.492 e. The molecule has 3 unspecified atom stereocenters. The van der Waals surface area contributed by atoms with Crippen molar-refractivity contribution in [1.29, 1.82) is 0 Å². The molecule has 0 radical (unpaired) electrons. The van der Waals surface area contributed by atoms with Crippen molar-refractivity contribution in [2.75, 3.05) is 26.7 Å². The lowest BCUT2D eigenvalue weighted by atomic mass is 9.51. The summed E-state index contributed by atoms with van der Waals surface area (Å²) in [6.45, 7) is 5.62. The normalized spacial score (nSPS) is 28.1. The molecule has 3 aliphatic rings. The molecule has 0 aliphatic heterocycles. The Labute approximate surface area is 220 Å². The van der Waals surface area contributed by atoms with Gasteiger partial charge in [0.15, 0.2) is 0 Å². The van der Waals surface area contributed by atoms with E-state index in [-0.39, 0.29) is 17.3 Å². The van der Waals surface area contributed by atoms with Crippen LogP contribution in [0.25, 0.3) is 0 Å². The van der Waals surface area contributed by atoms with E-state index in [0.29, 0.717) is 48.9 Å². The zero-order valence-corrected chi connectivity index (χ0v) is 22.2. The first-order chi connectivity index (χ1) is 17.8. The Hall–Kier alpha value is -3.10. The van der Waals surface area contributed by atoms with E-state index in [1.54, 1.807) is 0 Å². The number of nitrogens with zero attached hydrogens (tertiary/aromatic N) is 1. The molecule has 0 amide bonds. The highest BCUT2D eigenvalue weighted by Gasteiger charge is 2.57. The minimum absolute atomic E-state index is 0.252. The summed E-state index contributed by atoms with van der Waals surface area (Å²) in [4.78, 5) is 26.7. The van der Waals surface area contributed by atoms with Gasteiger partial charge in [-0.1, -0.05) is 31.0 Å². The van der Waals surface area contributed by atoms with Crippen molar-refractivity contribution in [3.8, 4) is 23.8 Å². The molecule has 0 saturated heterocycles. The predicted molar refractivity (Wildman–Crippen MR) is 144 cm³/mol. The molecule has 2 fully saturated rings. The van der Waals surface area contributed by atoms with Crippen molar-refractivity contribution in [3.05, 3.63) is 59.2 Å². The number of rotatable bonds is 7. The molecule has 0 N–H and O–H groups in total. The Morgan fingerprint density at radius 2 is 1.89 bits per heavy atom. The second-order valence-electron chi connectivity index (χ2n) is 11.3. The SMILES string of the molecule is C#CCN(C)CCOc1ccc([C@H]2C[C@]3(C)C(=O)CCC3C3CCc4cc(OC(C)=O)ccc4C32)cc1. The van der Waals surface area contributed by atoms with Crippen LogP contribution in [0.5, 0.6) is 11.5 Å². The molecule has 0 bridgehead atoms. The monoisotopic (exact) mass is 499 g/mol. The average molecular weight is 500 g/mol. The van der Waals surface area contributed by atoms with Crippen LogP contribution >= 0.6 is 0 Å². The highest BCUT2D eigenvalue weighted by molar-refractivity contribution is 5.87. The highest BCUT2D eigenvalue weighted by atomic mass is 16.5. The van der Waals surface area contributed by atoms with E-state index in [4.69, 9.17) is 15.9 Å². The molecular formula is C32H37NO4. The predicted octanol–water partition coefficient (Wildman–Crippen LogP) is 5.37. The van der Waals surface area contributed by atoms with Gasteiger partial charge in [-0.15, -0.1) is 6.42 Å². The standard InChI is InChI=1S/C32H37NO4/c1-5-16-33(4)17-18-36-24-9-6-22(7-10-24)28-20-32(3)29(14-15-30(32)35)27-12-8-23-19-25(37-21(2)34)11-13-26(23)31(27)28/h1,6-7,9-11,13,19,27-29,31H,8,12,14-18,20H2,2-4H3/t27?,28-,29?,31?,32+/m1/s1. The first kappa shape index (κ1) is 25.5. The van der Waals surface area contributed by atoms with Gasteiger partial charge in [-0.05, 0) is 97.4 Å². The number of aryl methyl sites for hydroxylation is 1. The summed E-state index contributed by atoms with van der Waals surface area (Å²) >= 11 is 0. The number of likely N-dealkylation sites (N-methyl/N-ethyl adjacent to an activating group) is 1. The van der Waals surface area contributed by atoms with E-state index in [1.165, 1.54) is 23.6 Å². The Morgan fingerprint density at radius 3 is 2.62 bits per heavy atom. The number of hydrogen-bond donors (Lipinski definition) is 0. The van der Waals surface area contributed by atoms with Crippen molar-refractivity contribution in [3.63, 3.8) is 0 Å². The fraction of sp³-hybridized carbons (Fsp3) is 0.500. The maximum absolute atomic E-state index is 13.2. The van der Waals surface area contributed by atoms with Gasteiger partial charge in [0.2, 0.25) is 0 Å². The van der Waals surface area contributed by atoms with Gasteiger partial charge in [0, 0.05) is 25.3 Å². The number of carbonyl (C=O) groups excluding carboxylic acids is 2. The summed E-state index contributed by atoms with van der Waals surface area (Å²) in [5, 5.41) is 0. The van der Waals surface area contributed by atoms with E-state index in [9.17, 15) is 9.59 Å². The lowest BCUT2D eigenvalue weighted by Gasteiger charge is -2.52. The number of esters is 1. The number of fused-ring (bicyclic) bond motifs is 5. The van der Waals surface area contributed by atoms with Crippen molar-refractivity contribution >= 4 is 11.8 Å². The third-order valence-electron chi connectivity index (χ3n) is 9.09. The molecule has 0 aromatic heterocycles. The molecule has 5 rings (SSSR count). The Morgan fingerprint density at radius 1 is 1.14 bits per heavy atom. The lowest BCUT2D eigenvalue weighted by molar-refractivity contribution is -0.132. The summed E-state index contributed by atoms with van der Waals surface area (Å²) in [5.74, 6) is 5.77. The van der Waals surface area contributed by atoms with Crippen molar-refractivity contribution in [2.24, 2.45) is 17.3 Å². The number of carbonyl (C=O) groups is 2. The molecule has 3 aliphatic carbocycles. The smallest absolute Gasteiger partial charge is 0.308 e. The van der Waals surface area contributed by atoms with Crippen LogP contribution in [0.3, 0.4) is 0 Å². The van der Waals surface area contributed by atoms with Crippen molar-refractivity contribution < 1.29 is 19.1 Å². The fourth-order valence-electron chi connectivity index (χ4n) is 7.38. The molecule has 5 atom stereocenters.